The van der Waals surface area contributed by atoms with Crippen molar-refractivity contribution in [3.8, 4) is 0 Å². The SMILES string of the molecule is CCC1(C(=O)N2CC(C)CC2C)CCNCC1. The van der Waals surface area contributed by atoms with Gasteiger partial charge in [0.25, 0.3) is 0 Å². The van der Waals surface area contributed by atoms with Crippen LogP contribution in [0.4, 0.5) is 0 Å². The summed E-state index contributed by atoms with van der Waals surface area (Å²) in [5.74, 6) is 1.10. The molecule has 0 radical (unpaired) electrons. The molecule has 2 rings (SSSR count). The van der Waals surface area contributed by atoms with Crippen molar-refractivity contribution in [2.24, 2.45) is 11.3 Å². The highest BCUT2D eigenvalue weighted by atomic mass is 16.2. The lowest BCUT2D eigenvalue weighted by Crippen LogP contribution is -2.50. The van der Waals surface area contributed by atoms with Gasteiger partial charge < -0.3 is 10.2 Å². The van der Waals surface area contributed by atoms with Gasteiger partial charge >= 0.3 is 0 Å². The number of rotatable bonds is 2. The highest BCUT2D eigenvalue weighted by Gasteiger charge is 2.43. The average Bonchev–Trinajstić information content (AvgIpc) is 2.68. The van der Waals surface area contributed by atoms with Crippen LogP contribution in [0, 0.1) is 11.3 Å². The van der Waals surface area contributed by atoms with Crippen molar-refractivity contribution in [1.29, 1.82) is 0 Å². The molecule has 0 aromatic heterocycles. The molecule has 0 saturated carbocycles. The second-order valence-corrected chi connectivity index (χ2v) is 6.03. The Bertz CT molecular complexity index is 284. The largest absolute Gasteiger partial charge is 0.339 e. The molecule has 1 amide bonds. The number of hydrogen-bond acceptors (Lipinski definition) is 2. The predicted molar refractivity (Wildman–Crippen MR) is 69.8 cm³/mol. The third kappa shape index (κ3) is 2.35. The number of carbonyl (C=O) groups excluding carboxylic acids is 1. The molecule has 2 aliphatic heterocycles. The minimum absolute atomic E-state index is 0.0659. The van der Waals surface area contributed by atoms with Crippen molar-refractivity contribution in [3.63, 3.8) is 0 Å². The molecule has 0 aliphatic carbocycles. The monoisotopic (exact) mass is 238 g/mol. The lowest BCUT2D eigenvalue weighted by atomic mass is 9.75. The Hall–Kier alpha value is -0.570. The Labute approximate surface area is 105 Å². The highest BCUT2D eigenvalue weighted by Crippen LogP contribution is 2.37. The van der Waals surface area contributed by atoms with Crippen LogP contribution in [-0.2, 0) is 4.79 Å². The zero-order valence-corrected chi connectivity index (χ0v) is 11.5. The number of nitrogens with one attached hydrogen (secondary N) is 1. The van der Waals surface area contributed by atoms with Crippen LogP contribution in [0.1, 0.15) is 46.5 Å². The van der Waals surface area contributed by atoms with E-state index in [9.17, 15) is 4.79 Å². The molecule has 2 atom stereocenters. The van der Waals surface area contributed by atoms with E-state index in [-0.39, 0.29) is 5.41 Å². The average molecular weight is 238 g/mol. The first-order valence-electron chi connectivity index (χ1n) is 7.11. The predicted octanol–water partition coefficient (Wildman–Crippen LogP) is 2.02. The summed E-state index contributed by atoms with van der Waals surface area (Å²) in [5, 5.41) is 3.37. The summed E-state index contributed by atoms with van der Waals surface area (Å²) in [4.78, 5) is 15.0. The van der Waals surface area contributed by atoms with Crippen LogP contribution in [0.3, 0.4) is 0 Å². The number of hydrogen-bond donors (Lipinski definition) is 1. The van der Waals surface area contributed by atoms with E-state index in [1.54, 1.807) is 0 Å². The van der Waals surface area contributed by atoms with Gasteiger partial charge in [-0.2, -0.15) is 0 Å². The van der Waals surface area contributed by atoms with Gasteiger partial charge in [0, 0.05) is 12.6 Å². The van der Waals surface area contributed by atoms with Crippen LogP contribution in [0.2, 0.25) is 0 Å². The Kier molecular flexibility index (Phi) is 3.76. The summed E-state index contributed by atoms with van der Waals surface area (Å²) in [7, 11) is 0. The number of carbonyl (C=O) groups is 1. The van der Waals surface area contributed by atoms with E-state index in [4.69, 9.17) is 0 Å². The molecule has 3 nitrogen and oxygen atoms in total. The van der Waals surface area contributed by atoms with E-state index in [1.165, 1.54) is 6.42 Å². The van der Waals surface area contributed by atoms with Crippen LogP contribution in [0.25, 0.3) is 0 Å². The van der Waals surface area contributed by atoms with Crippen LogP contribution >= 0.6 is 0 Å². The maximum atomic E-state index is 12.8. The summed E-state index contributed by atoms with van der Waals surface area (Å²) in [5.41, 5.74) is -0.0659. The van der Waals surface area contributed by atoms with Gasteiger partial charge in [-0.15, -0.1) is 0 Å². The molecular formula is C14H26N2O. The van der Waals surface area contributed by atoms with Crippen LogP contribution in [-0.4, -0.2) is 36.5 Å². The van der Waals surface area contributed by atoms with Crippen LogP contribution in [0.15, 0.2) is 0 Å². The minimum atomic E-state index is -0.0659. The highest BCUT2D eigenvalue weighted by molar-refractivity contribution is 5.83. The van der Waals surface area contributed by atoms with E-state index in [0.29, 0.717) is 17.9 Å². The molecule has 2 heterocycles. The maximum absolute atomic E-state index is 12.8. The number of amides is 1. The van der Waals surface area contributed by atoms with Crippen molar-refractivity contribution in [1.82, 2.24) is 10.2 Å². The summed E-state index contributed by atoms with van der Waals surface area (Å²) in [6.45, 7) is 9.59. The van der Waals surface area contributed by atoms with E-state index in [1.807, 2.05) is 0 Å². The zero-order chi connectivity index (χ0) is 12.5. The van der Waals surface area contributed by atoms with Crippen LogP contribution in [0.5, 0.6) is 0 Å². The third-order valence-electron chi connectivity index (χ3n) is 4.74. The van der Waals surface area contributed by atoms with Crippen molar-refractivity contribution >= 4 is 5.91 Å². The van der Waals surface area contributed by atoms with Gasteiger partial charge in [0.1, 0.15) is 0 Å². The van der Waals surface area contributed by atoms with E-state index < -0.39 is 0 Å². The molecular weight excluding hydrogens is 212 g/mol. The second-order valence-electron chi connectivity index (χ2n) is 6.03. The molecule has 1 N–H and O–H groups in total. The van der Waals surface area contributed by atoms with Gasteiger partial charge in [-0.05, 0) is 51.6 Å². The minimum Gasteiger partial charge on any atom is -0.339 e. The number of nitrogens with zero attached hydrogens (tertiary/aromatic N) is 1. The molecule has 3 heteroatoms. The Morgan fingerprint density at radius 1 is 1.35 bits per heavy atom. The number of likely N-dealkylation sites (tertiary alicyclic amines) is 1. The maximum Gasteiger partial charge on any atom is 0.229 e. The summed E-state index contributed by atoms with van der Waals surface area (Å²) in [6, 6.07) is 0.441. The Balaban J connectivity index is 2.11. The zero-order valence-electron chi connectivity index (χ0n) is 11.5. The molecule has 2 unspecified atom stereocenters. The van der Waals surface area contributed by atoms with Gasteiger partial charge in [-0.1, -0.05) is 13.8 Å². The van der Waals surface area contributed by atoms with Gasteiger partial charge in [0.2, 0.25) is 5.91 Å². The molecule has 0 aromatic carbocycles. The standard InChI is InChI=1S/C14H26N2O/c1-4-14(5-7-15-8-6-14)13(17)16-10-11(2)9-12(16)3/h11-12,15H,4-10H2,1-3H3. The fourth-order valence-corrected chi connectivity index (χ4v) is 3.51. The normalized spacial score (nSPS) is 32.8. The number of piperidine rings is 1. The Morgan fingerprint density at radius 3 is 2.47 bits per heavy atom. The van der Waals surface area contributed by atoms with E-state index in [2.05, 4.69) is 31.0 Å². The molecule has 2 aliphatic rings. The molecule has 2 fully saturated rings. The molecule has 0 aromatic rings. The quantitative estimate of drug-likeness (QED) is 0.798. The van der Waals surface area contributed by atoms with Gasteiger partial charge in [-0.3, -0.25) is 4.79 Å². The van der Waals surface area contributed by atoms with E-state index >= 15 is 0 Å². The topological polar surface area (TPSA) is 32.3 Å². The molecule has 17 heavy (non-hydrogen) atoms. The summed E-state index contributed by atoms with van der Waals surface area (Å²) < 4.78 is 0. The Morgan fingerprint density at radius 2 is 2.00 bits per heavy atom. The van der Waals surface area contributed by atoms with Crippen LogP contribution < -0.4 is 5.32 Å². The van der Waals surface area contributed by atoms with Crippen molar-refractivity contribution in [2.45, 2.75) is 52.5 Å². The fraction of sp³-hybridized carbons (Fsp3) is 0.929. The van der Waals surface area contributed by atoms with Crippen molar-refractivity contribution < 1.29 is 4.79 Å². The second kappa shape index (κ2) is 4.97. The van der Waals surface area contributed by atoms with Crippen molar-refractivity contribution in [2.75, 3.05) is 19.6 Å². The lowest BCUT2D eigenvalue weighted by Gasteiger charge is -2.39. The molecule has 0 spiro atoms. The first-order chi connectivity index (χ1) is 8.09. The first-order valence-corrected chi connectivity index (χ1v) is 7.11. The van der Waals surface area contributed by atoms with E-state index in [0.717, 1.165) is 38.9 Å². The first kappa shape index (κ1) is 12.9. The smallest absolute Gasteiger partial charge is 0.229 e. The lowest BCUT2D eigenvalue weighted by molar-refractivity contribution is -0.144. The molecule has 0 bridgehead atoms. The molecule has 2 saturated heterocycles. The van der Waals surface area contributed by atoms with Crippen molar-refractivity contribution in [3.05, 3.63) is 0 Å². The van der Waals surface area contributed by atoms with Gasteiger partial charge in [0.05, 0.1) is 5.41 Å². The van der Waals surface area contributed by atoms with Gasteiger partial charge in [0.15, 0.2) is 0 Å². The van der Waals surface area contributed by atoms with Gasteiger partial charge in [-0.25, -0.2) is 0 Å². The summed E-state index contributed by atoms with van der Waals surface area (Å²) >= 11 is 0. The summed E-state index contributed by atoms with van der Waals surface area (Å²) in [6.07, 6.45) is 4.19. The molecule has 98 valence electrons. The third-order valence-corrected chi connectivity index (χ3v) is 4.74. The fourth-order valence-electron chi connectivity index (χ4n) is 3.51.